The molecule has 0 aliphatic heterocycles. The van der Waals surface area contributed by atoms with Crippen molar-refractivity contribution >= 4 is 17.9 Å². The highest BCUT2D eigenvalue weighted by atomic mass is 16.6. The molecule has 1 rings (SSSR count). The SMILES string of the molecule is CCCC(C)NC(=O)C(c1ccccc1O)N(C(=O)C(NC(=O)OC(C)(C)C)C(C)C)C(C)(C)C. The van der Waals surface area contributed by atoms with Gasteiger partial charge in [-0.1, -0.05) is 45.4 Å². The van der Waals surface area contributed by atoms with Gasteiger partial charge in [-0.15, -0.1) is 0 Å². The van der Waals surface area contributed by atoms with Crippen LogP contribution < -0.4 is 10.6 Å². The van der Waals surface area contributed by atoms with Crippen LogP contribution in [0.1, 0.15) is 93.7 Å². The predicted octanol–water partition coefficient (Wildman–Crippen LogP) is 4.91. The van der Waals surface area contributed by atoms with E-state index < -0.39 is 41.1 Å². The van der Waals surface area contributed by atoms with Crippen molar-refractivity contribution in [2.45, 2.75) is 111 Å². The van der Waals surface area contributed by atoms with Crippen LogP contribution in [0.4, 0.5) is 4.79 Å². The maximum absolute atomic E-state index is 14.1. The van der Waals surface area contributed by atoms with Gasteiger partial charge in [-0.05, 0) is 66.9 Å². The molecule has 3 unspecified atom stereocenters. The lowest BCUT2D eigenvalue weighted by molar-refractivity contribution is -0.149. The van der Waals surface area contributed by atoms with Gasteiger partial charge in [0.05, 0.1) is 0 Å². The topological polar surface area (TPSA) is 108 Å². The Bertz CT molecular complexity index is 870. The zero-order chi connectivity index (χ0) is 27.1. The van der Waals surface area contributed by atoms with Gasteiger partial charge in [-0.2, -0.15) is 0 Å². The molecule has 0 bridgehead atoms. The normalized spacial score (nSPS) is 14.6. The van der Waals surface area contributed by atoms with E-state index >= 15 is 0 Å². The summed E-state index contributed by atoms with van der Waals surface area (Å²) < 4.78 is 5.39. The Morgan fingerprint density at radius 2 is 1.57 bits per heavy atom. The number of carbonyl (C=O) groups excluding carboxylic acids is 3. The van der Waals surface area contributed by atoms with Gasteiger partial charge in [0, 0.05) is 17.1 Å². The zero-order valence-corrected chi connectivity index (χ0v) is 23.1. The quantitative estimate of drug-likeness (QED) is 0.455. The number of ether oxygens (including phenoxy) is 1. The summed E-state index contributed by atoms with van der Waals surface area (Å²) in [6.07, 6.45) is 0.954. The number of hydrogen-bond acceptors (Lipinski definition) is 5. The molecule has 8 nitrogen and oxygen atoms in total. The van der Waals surface area contributed by atoms with Gasteiger partial charge < -0.3 is 25.4 Å². The van der Waals surface area contributed by atoms with Crippen molar-refractivity contribution in [3.63, 3.8) is 0 Å². The summed E-state index contributed by atoms with van der Waals surface area (Å²) in [6, 6.07) is 4.35. The molecule has 0 aliphatic rings. The van der Waals surface area contributed by atoms with Gasteiger partial charge >= 0.3 is 6.09 Å². The molecular formula is C27H45N3O5. The molecule has 1 aromatic rings. The second-order valence-electron chi connectivity index (χ2n) is 11.4. The van der Waals surface area contributed by atoms with E-state index in [1.54, 1.807) is 39.0 Å². The van der Waals surface area contributed by atoms with Crippen molar-refractivity contribution < 1.29 is 24.2 Å². The fourth-order valence-electron chi connectivity index (χ4n) is 3.89. The zero-order valence-electron chi connectivity index (χ0n) is 23.1. The Kier molecular flexibility index (Phi) is 10.6. The number of amides is 3. The molecule has 1 aromatic carbocycles. The molecule has 0 aliphatic carbocycles. The third-order valence-corrected chi connectivity index (χ3v) is 5.41. The van der Waals surface area contributed by atoms with Crippen molar-refractivity contribution in [2.24, 2.45) is 5.92 Å². The Hall–Kier alpha value is -2.77. The Balaban J connectivity index is 3.56. The van der Waals surface area contributed by atoms with Crippen molar-refractivity contribution in [1.29, 1.82) is 0 Å². The van der Waals surface area contributed by atoms with E-state index in [9.17, 15) is 19.5 Å². The smallest absolute Gasteiger partial charge is 0.408 e. The first-order valence-corrected chi connectivity index (χ1v) is 12.4. The van der Waals surface area contributed by atoms with Gasteiger partial charge in [0.1, 0.15) is 23.4 Å². The molecule has 3 N–H and O–H groups in total. The van der Waals surface area contributed by atoms with Crippen LogP contribution in [0.25, 0.3) is 0 Å². The Morgan fingerprint density at radius 1 is 1.00 bits per heavy atom. The van der Waals surface area contributed by atoms with Gasteiger partial charge in [-0.25, -0.2) is 4.79 Å². The monoisotopic (exact) mass is 491 g/mol. The molecule has 0 radical (unpaired) electrons. The first-order chi connectivity index (χ1) is 16.0. The molecule has 0 fully saturated rings. The van der Waals surface area contributed by atoms with Crippen molar-refractivity contribution in [3.8, 4) is 5.75 Å². The minimum atomic E-state index is -1.11. The number of nitrogens with one attached hydrogen (secondary N) is 2. The molecule has 0 spiro atoms. The molecule has 0 heterocycles. The number of aromatic hydroxyl groups is 1. The summed E-state index contributed by atoms with van der Waals surface area (Å²) in [7, 11) is 0. The fraction of sp³-hybridized carbons (Fsp3) is 0.667. The number of nitrogens with zero attached hydrogens (tertiary/aromatic N) is 1. The van der Waals surface area contributed by atoms with Crippen LogP contribution >= 0.6 is 0 Å². The molecule has 3 atom stereocenters. The number of carbonyl (C=O) groups is 3. The number of phenolic OH excluding ortho intramolecular Hbond substituents is 1. The summed E-state index contributed by atoms with van der Waals surface area (Å²) in [5, 5.41) is 16.4. The maximum atomic E-state index is 14.1. The lowest BCUT2D eigenvalue weighted by Gasteiger charge is -2.44. The van der Waals surface area contributed by atoms with Crippen LogP contribution in [0, 0.1) is 5.92 Å². The molecule has 35 heavy (non-hydrogen) atoms. The molecule has 198 valence electrons. The minimum Gasteiger partial charge on any atom is -0.508 e. The fourth-order valence-corrected chi connectivity index (χ4v) is 3.89. The number of hydrogen-bond donors (Lipinski definition) is 3. The van der Waals surface area contributed by atoms with Crippen LogP contribution in [-0.2, 0) is 14.3 Å². The molecule has 8 heteroatoms. The maximum Gasteiger partial charge on any atom is 0.408 e. The number of rotatable bonds is 9. The van der Waals surface area contributed by atoms with Gasteiger partial charge in [0.2, 0.25) is 11.8 Å². The third-order valence-electron chi connectivity index (χ3n) is 5.41. The standard InChI is InChI=1S/C27H45N3O5/c1-11-14-18(4)28-23(32)22(19-15-12-13-16-20(19)31)30(26(5,6)7)24(33)21(17(2)3)29-25(34)35-27(8,9)10/h12-13,15-18,21-22,31H,11,14H2,1-10H3,(H,28,32)(H,29,34). The largest absolute Gasteiger partial charge is 0.508 e. The van der Waals surface area contributed by atoms with Gasteiger partial charge in [0.15, 0.2) is 0 Å². The van der Waals surface area contributed by atoms with Gasteiger partial charge in [0.25, 0.3) is 0 Å². The number of alkyl carbamates (subject to hydrolysis) is 1. The summed E-state index contributed by atoms with van der Waals surface area (Å²) in [6.45, 7) is 18.3. The second kappa shape index (κ2) is 12.3. The van der Waals surface area contributed by atoms with Crippen molar-refractivity contribution in [2.75, 3.05) is 0 Å². The number of phenols is 1. The highest BCUT2D eigenvalue weighted by Crippen LogP contribution is 2.35. The molecule has 3 amide bonds. The lowest BCUT2D eigenvalue weighted by Crippen LogP contribution is -2.60. The van der Waals surface area contributed by atoms with E-state index in [1.165, 1.54) is 11.0 Å². The number of benzene rings is 1. The van der Waals surface area contributed by atoms with Crippen LogP contribution in [0.2, 0.25) is 0 Å². The first kappa shape index (κ1) is 30.3. The number of para-hydroxylation sites is 1. The van der Waals surface area contributed by atoms with Crippen molar-refractivity contribution in [3.05, 3.63) is 29.8 Å². The highest BCUT2D eigenvalue weighted by Gasteiger charge is 2.43. The van der Waals surface area contributed by atoms with E-state index in [0.29, 0.717) is 5.56 Å². The lowest BCUT2D eigenvalue weighted by atomic mass is 9.92. The second-order valence-corrected chi connectivity index (χ2v) is 11.4. The average Bonchev–Trinajstić information content (AvgIpc) is 2.68. The molecule has 0 aromatic heterocycles. The Morgan fingerprint density at radius 3 is 2.03 bits per heavy atom. The van der Waals surface area contributed by atoms with E-state index in [-0.39, 0.29) is 17.7 Å². The van der Waals surface area contributed by atoms with Crippen molar-refractivity contribution in [1.82, 2.24) is 15.5 Å². The summed E-state index contributed by atoms with van der Waals surface area (Å²) in [5.41, 5.74) is -1.23. The summed E-state index contributed by atoms with van der Waals surface area (Å²) in [4.78, 5) is 41.7. The van der Waals surface area contributed by atoms with E-state index in [0.717, 1.165) is 12.8 Å². The van der Waals surface area contributed by atoms with E-state index in [1.807, 2.05) is 48.5 Å². The predicted molar refractivity (Wildman–Crippen MR) is 138 cm³/mol. The molecule has 0 saturated carbocycles. The van der Waals surface area contributed by atoms with E-state index in [4.69, 9.17) is 4.74 Å². The molecular weight excluding hydrogens is 446 g/mol. The van der Waals surface area contributed by atoms with Crippen LogP contribution in [-0.4, -0.2) is 51.1 Å². The van der Waals surface area contributed by atoms with Crippen LogP contribution in [0.5, 0.6) is 5.75 Å². The average molecular weight is 492 g/mol. The highest BCUT2D eigenvalue weighted by molar-refractivity contribution is 5.93. The summed E-state index contributed by atoms with van der Waals surface area (Å²) in [5.74, 6) is -1.20. The van der Waals surface area contributed by atoms with E-state index in [2.05, 4.69) is 10.6 Å². The first-order valence-electron chi connectivity index (χ1n) is 12.4. The van der Waals surface area contributed by atoms with Gasteiger partial charge in [-0.3, -0.25) is 9.59 Å². The third kappa shape index (κ3) is 9.07. The summed E-state index contributed by atoms with van der Waals surface area (Å²) >= 11 is 0. The molecule has 0 saturated heterocycles. The Labute approximate surface area is 210 Å². The van der Waals surface area contributed by atoms with Crippen LogP contribution in [0.15, 0.2) is 24.3 Å². The minimum absolute atomic E-state index is 0.0842. The van der Waals surface area contributed by atoms with Crippen LogP contribution in [0.3, 0.4) is 0 Å².